The fourth-order valence-electron chi connectivity index (χ4n) is 2.60. The number of aliphatic hydroxyl groups is 1. The Morgan fingerprint density at radius 1 is 1.30 bits per heavy atom. The van der Waals surface area contributed by atoms with Crippen molar-refractivity contribution in [2.24, 2.45) is 5.92 Å². The van der Waals surface area contributed by atoms with Crippen molar-refractivity contribution in [3.05, 3.63) is 51.7 Å². The Labute approximate surface area is 147 Å². The van der Waals surface area contributed by atoms with Crippen LogP contribution in [0.15, 0.2) is 41.1 Å². The van der Waals surface area contributed by atoms with Gasteiger partial charge in [0.05, 0.1) is 22.9 Å². The van der Waals surface area contributed by atoms with Gasteiger partial charge in [0.1, 0.15) is 16.4 Å². The first-order valence-corrected chi connectivity index (χ1v) is 8.85. The fraction of sp³-hybridized carbons (Fsp3) is 0.294. The minimum Gasteiger partial charge on any atom is -0.496 e. The van der Waals surface area contributed by atoms with E-state index in [1.165, 1.54) is 11.3 Å². The summed E-state index contributed by atoms with van der Waals surface area (Å²) in [6, 6.07) is 7.62. The van der Waals surface area contributed by atoms with Crippen LogP contribution in [0, 0.1) is 5.92 Å². The molecule has 0 amide bonds. The van der Waals surface area contributed by atoms with Crippen LogP contribution in [0.1, 0.15) is 24.4 Å². The summed E-state index contributed by atoms with van der Waals surface area (Å²) in [7, 11) is 1.59. The molecule has 1 unspecified atom stereocenters. The number of fused-ring (bicyclic) bond motifs is 1. The van der Waals surface area contributed by atoms with Gasteiger partial charge in [0.25, 0.3) is 0 Å². The van der Waals surface area contributed by atoms with Gasteiger partial charge < -0.3 is 9.84 Å². The zero-order valence-electron chi connectivity index (χ0n) is 13.1. The molecule has 3 rings (SSSR count). The minimum absolute atomic E-state index is 0.0973. The molecule has 3 aromatic rings. The molecular weight excluding hydrogens is 376 g/mol. The summed E-state index contributed by atoms with van der Waals surface area (Å²) in [4.78, 5) is 8.84. The van der Waals surface area contributed by atoms with E-state index < -0.39 is 5.60 Å². The summed E-state index contributed by atoms with van der Waals surface area (Å²) in [5.74, 6) is 0.509. The van der Waals surface area contributed by atoms with Gasteiger partial charge in [0.2, 0.25) is 0 Å². The first-order chi connectivity index (χ1) is 11.0. The van der Waals surface area contributed by atoms with Crippen LogP contribution in [0.25, 0.3) is 10.2 Å². The van der Waals surface area contributed by atoms with E-state index in [0.29, 0.717) is 16.3 Å². The van der Waals surface area contributed by atoms with Crippen LogP contribution in [-0.2, 0) is 5.60 Å². The average Bonchev–Trinajstić information content (AvgIpc) is 3.00. The minimum atomic E-state index is -1.26. The molecule has 1 atom stereocenters. The van der Waals surface area contributed by atoms with Crippen molar-refractivity contribution in [3.63, 3.8) is 0 Å². The predicted octanol–water partition coefficient (Wildman–Crippen LogP) is 4.35. The number of hydrogen-bond acceptors (Lipinski definition) is 5. The average molecular weight is 393 g/mol. The van der Waals surface area contributed by atoms with Gasteiger partial charge in [0.15, 0.2) is 0 Å². The third-order valence-corrected chi connectivity index (χ3v) is 6.09. The number of rotatable bonds is 4. The molecule has 120 valence electrons. The monoisotopic (exact) mass is 392 g/mol. The molecule has 0 aliphatic heterocycles. The Balaban J connectivity index is 2.26. The molecule has 0 aliphatic rings. The van der Waals surface area contributed by atoms with Crippen molar-refractivity contribution in [2.75, 3.05) is 7.11 Å². The topological polar surface area (TPSA) is 55.2 Å². The summed E-state index contributed by atoms with van der Waals surface area (Å²) in [6.45, 7) is 3.93. The molecule has 4 nitrogen and oxygen atoms in total. The van der Waals surface area contributed by atoms with E-state index in [0.717, 1.165) is 14.7 Å². The van der Waals surface area contributed by atoms with Crippen molar-refractivity contribution in [1.29, 1.82) is 0 Å². The highest BCUT2D eigenvalue weighted by Gasteiger charge is 2.41. The van der Waals surface area contributed by atoms with E-state index in [-0.39, 0.29) is 5.92 Å². The lowest BCUT2D eigenvalue weighted by molar-refractivity contribution is 0.0291. The highest BCUT2D eigenvalue weighted by atomic mass is 79.9. The van der Waals surface area contributed by atoms with Gasteiger partial charge in [-0.3, -0.25) is 4.98 Å². The SMILES string of the molecule is COc1ccncc1C(O)(c1nc2cccc(Br)c2s1)C(C)C. The molecule has 2 heterocycles. The normalized spacial score (nSPS) is 14.2. The first-order valence-electron chi connectivity index (χ1n) is 7.24. The van der Waals surface area contributed by atoms with Gasteiger partial charge in [-0.25, -0.2) is 4.98 Å². The second-order valence-electron chi connectivity index (χ2n) is 5.60. The largest absolute Gasteiger partial charge is 0.496 e. The molecule has 0 bridgehead atoms. The van der Waals surface area contributed by atoms with Crippen molar-refractivity contribution in [2.45, 2.75) is 19.4 Å². The highest BCUT2D eigenvalue weighted by molar-refractivity contribution is 9.10. The lowest BCUT2D eigenvalue weighted by Gasteiger charge is -2.31. The second-order valence-corrected chi connectivity index (χ2v) is 7.46. The molecule has 2 aromatic heterocycles. The summed E-state index contributed by atoms with van der Waals surface area (Å²) in [6.07, 6.45) is 3.30. The molecule has 0 saturated heterocycles. The van der Waals surface area contributed by atoms with Crippen molar-refractivity contribution in [3.8, 4) is 5.75 Å². The standard InChI is InChI=1S/C17H17BrN2O2S/c1-10(2)17(21,11-9-19-8-7-14(11)22-3)16-20-13-6-4-5-12(18)15(13)23-16/h4-10,21H,1-3H3. The molecule has 0 aliphatic carbocycles. The van der Waals surface area contributed by atoms with E-state index in [4.69, 9.17) is 4.74 Å². The van der Waals surface area contributed by atoms with Crippen LogP contribution in [0.5, 0.6) is 5.75 Å². The Hall–Kier alpha value is -1.50. The van der Waals surface area contributed by atoms with E-state index in [1.807, 2.05) is 32.0 Å². The number of nitrogens with zero attached hydrogens (tertiary/aromatic N) is 2. The third kappa shape index (κ3) is 2.65. The fourth-order valence-corrected chi connectivity index (χ4v) is 4.42. The van der Waals surface area contributed by atoms with Crippen LogP contribution in [0.3, 0.4) is 0 Å². The van der Waals surface area contributed by atoms with Gasteiger partial charge in [0, 0.05) is 16.9 Å². The maximum atomic E-state index is 11.5. The zero-order chi connectivity index (χ0) is 16.6. The molecule has 6 heteroatoms. The molecular formula is C17H17BrN2O2S. The van der Waals surface area contributed by atoms with E-state index in [1.54, 1.807) is 25.6 Å². The van der Waals surface area contributed by atoms with Crippen LogP contribution in [0.4, 0.5) is 0 Å². The molecule has 0 spiro atoms. The van der Waals surface area contributed by atoms with Crippen LogP contribution in [0.2, 0.25) is 0 Å². The third-order valence-electron chi connectivity index (χ3n) is 3.94. The van der Waals surface area contributed by atoms with Crippen molar-refractivity contribution < 1.29 is 9.84 Å². The number of halogens is 1. The summed E-state index contributed by atoms with van der Waals surface area (Å²) < 4.78 is 7.42. The maximum Gasteiger partial charge on any atom is 0.148 e. The number of hydrogen-bond donors (Lipinski definition) is 1. The molecule has 0 radical (unpaired) electrons. The number of thiazole rings is 1. The van der Waals surface area contributed by atoms with Gasteiger partial charge in [-0.15, -0.1) is 11.3 Å². The number of aromatic nitrogens is 2. The van der Waals surface area contributed by atoms with Crippen LogP contribution in [-0.4, -0.2) is 22.2 Å². The van der Waals surface area contributed by atoms with Gasteiger partial charge >= 0.3 is 0 Å². The van der Waals surface area contributed by atoms with Crippen molar-refractivity contribution in [1.82, 2.24) is 9.97 Å². The number of methoxy groups -OCH3 is 1. The molecule has 0 saturated carbocycles. The quantitative estimate of drug-likeness (QED) is 0.716. The number of pyridine rings is 1. The maximum absolute atomic E-state index is 11.5. The van der Waals surface area contributed by atoms with Gasteiger partial charge in [-0.2, -0.15) is 0 Å². The molecule has 23 heavy (non-hydrogen) atoms. The van der Waals surface area contributed by atoms with Crippen LogP contribution < -0.4 is 4.74 Å². The van der Waals surface area contributed by atoms with Crippen molar-refractivity contribution >= 4 is 37.5 Å². The second kappa shape index (κ2) is 6.19. The van der Waals surface area contributed by atoms with Gasteiger partial charge in [-0.1, -0.05) is 19.9 Å². The first kappa shape index (κ1) is 16.4. The Bertz CT molecular complexity index is 849. The van der Waals surface area contributed by atoms with Gasteiger partial charge in [-0.05, 0) is 40.0 Å². The molecule has 0 fully saturated rings. The smallest absolute Gasteiger partial charge is 0.148 e. The Kier molecular flexibility index (Phi) is 4.40. The zero-order valence-corrected chi connectivity index (χ0v) is 15.5. The Morgan fingerprint density at radius 2 is 2.09 bits per heavy atom. The number of benzene rings is 1. The number of ether oxygens (including phenoxy) is 1. The predicted molar refractivity (Wildman–Crippen MR) is 95.9 cm³/mol. The summed E-state index contributed by atoms with van der Waals surface area (Å²) in [5, 5.41) is 12.2. The molecule has 1 aromatic carbocycles. The molecule has 1 N–H and O–H groups in total. The lowest BCUT2D eigenvalue weighted by Crippen LogP contribution is -2.34. The van der Waals surface area contributed by atoms with E-state index in [9.17, 15) is 5.11 Å². The summed E-state index contributed by atoms with van der Waals surface area (Å²) in [5.41, 5.74) is 0.233. The Morgan fingerprint density at radius 3 is 2.74 bits per heavy atom. The van der Waals surface area contributed by atoms with E-state index in [2.05, 4.69) is 25.9 Å². The van der Waals surface area contributed by atoms with Crippen LogP contribution >= 0.6 is 27.3 Å². The summed E-state index contributed by atoms with van der Waals surface area (Å²) >= 11 is 5.03. The highest BCUT2D eigenvalue weighted by Crippen LogP contribution is 2.44. The lowest BCUT2D eigenvalue weighted by atomic mass is 9.84. The van der Waals surface area contributed by atoms with E-state index >= 15 is 0 Å².